The molecular weight excluding hydrogens is 456 g/mol. The van der Waals surface area contributed by atoms with Crippen LogP contribution in [0.15, 0.2) is 48.5 Å². The summed E-state index contributed by atoms with van der Waals surface area (Å²) in [6.45, 7) is 6.25. The van der Waals surface area contributed by atoms with Gasteiger partial charge in [0.25, 0.3) is 5.91 Å². The zero-order chi connectivity index (χ0) is 26.3. The number of amides is 3. The van der Waals surface area contributed by atoms with Crippen molar-refractivity contribution in [3.63, 3.8) is 0 Å². The predicted molar refractivity (Wildman–Crippen MR) is 144 cm³/mol. The van der Waals surface area contributed by atoms with Crippen LogP contribution in [-0.2, 0) is 20.9 Å². The summed E-state index contributed by atoms with van der Waals surface area (Å²) in [5, 5.41) is 29.1. The molecule has 2 atom stereocenters. The average molecular weight is 495 g/mol. The molecule has 3 rings (SSSR count). The molecule has 1 aliphatic heterocycles. The number of carbonyl (C=O) groups is 3. The van der Waals surface area contributed by atoms with Crippen LogP contribution in [0.5, 0.6) is 0 Å². The van der Waals surface area contributed by atoms with Gasteiger partial charge in [0, 0.05) is 41.1 Å². The first-order chi connectivity index (χ1) is 17.1. The molecule has 1 saturated heterocycles. The summed E-state index contributed by atoms with van der Waals surface area (Å²) in [5.41, 5.74) is 1.67. The molecule has 0 bridgehead atoms. The summed E-state index contributed by atoms with van der Waals surface area (Å²) in [4.78, 5) is 37.4. The fourth-order valence-electron chi connectivity index (χ4n) is 3.91. The number of nitrogens with zero attached hydrogens (tertiary/aromatic N) is 1. The van der Waals surface area contributed by atoms with Gasteiger partial charge in [0.15, 0.2) is 0 Å². The molecule has 1 heterocycles. The lowest BCUT2D eigenvalue weighted by atomic mass is 9.85. The summed E-state index contributed by atoms with van der Waals surface area (Å²) in [6.07, 6.45) is 1.10. The van der Waals surface area contributed by atoms with Crippen LogP contribution in [0.25, 0.3) is 0 Å². The van der Waals surface area contributed by atoms with E-state index in [9.17, 15) is 14.4 Å². The van der Waals surface area contributed by atoms with Crippen molar-refractivity contribution in [3.05, 3.63) is 65.2 Å². The Hall–Kier alpha value is -4.19. The number of nitriles is 1. The molecule has 3 amide bonds. The second kappa shape index (κ2) is 11.5. The van der Waals surface area contributed by atoms with Crippen LogP contribution in [0, 0.1) is 22.2 Å². The van der Waals surface area contributed by atoms with E-state index in [1.165, 1.54) is 0 Å². The topological polar surface area (TPSA) is 147 Å². The summed E-state index contributed by atoms with van der Waals surface area (Å²) >= 11 is 0. The number of anilines is 1. The molecule has 5 N–H and O–H groups in total. The predicted octanol–water partition coefficient (Wildman–Crippen LogP) is 3.20. The van der Waals surface area contributed by atoms with Crippen molar-refractivity contribution in [2.75, 3.05) is 11.9 Å². The zero-order valence-corrected chi connectivity index (χ0v) is 20.8. The number of benzene rings is 2. The normalized spacial score (nSPS) is 15.8. The molecule has 9 heteroatoms. The van der Waals surface area contributed by atoms with Crippen molar-refractivity contribution >= 4 is 29.1 Å². The van der Waals surface area contributed by atoms with Gasteiger partial charge < -0.3 is 21.3 Å². The van der Waals surface area contributed by atoms with E-state index < -0.39 is 17.4 Å². The molecule has 2 aromatic rings. The Kier molecular flexibility index (Phi) is 8.43. The van der Waals surface area contributed by atoms with Crippen molar-refractivity contribution in [2.45, 2.75) is 52.2 Å². The van der Waals surface area contributed by atoms with Gasteiger partial charge in [0.05, 0.1) is 11.6 Å². The van der Waals surface area contributed by atoms with Crippen LogP contribution in [0.3, 0.4) is 0 Å². The van der Waals surface area contributed by atoms with Gasteiger partial charge in [-0.2, -0.15) is 5.26 Å². The standard InChI is InChI=1S/C27H32N6O3.3H2/c1-27(2,3)24(26(36)31-16-19-12-13-22(34)32-19)33-25(35)23(29)20-6-4-5-7-21(20)30-15-18-10-8-17(14-28)9-11-18;;;/h4-11,19,24,29-30H,12-13,15-16H2,1-3H3,(H,31,36)(H,32,34)(H,33,35);3*1H. The number of hydrogen-bond donors (Lipinski definition) is 5. The quantitative estimate of drug-likeness (QED) is 0.340. The minimum absolute atomic E-state index is 0. The van der Waals surface area contributed by atoms with Gasteiger partial charge in [-0.3, -0.25) is 19.8 Å². The maximum Gasteiger partial charge on any atom is 0.270 e. The smallest absolute Gasteiger partial charge is 0.270 e. The molecule has 9 nitrogen and oxygen atoms in total. The van der Waals surface area contributed by atoms with Crippen molar-refractivity contribution in [3.8, 4) is 6.07 Å². The van der Waals surface area contributed by atoms with Gasteiger partial charge in [0.1, 0.15) is 11.8 Å². The van der Waals surface area contributed by atoms with E-state index in [0.29, 0.717) is 36.2 Å². The monoisotopic (exact) mass is 494 g/mol. The van der Waals surface area contributed by atoms with Gasteiger partial charge in [0.2, 0.25) is 11.8 Å². The maximum absolute atomic E-state index is 13.1. The Balaban J connectivity index is 0.00000481. The average Bonchev–Trinajstić information content (AvgIpc) is 3.28. The van der Waals surface area contributed by atoms with Crippen LogP contribution in [-0.4, -0.2) is 42.1 Å². The molecule has 2 unspecified atom stereocenters. The number of carbonyl (C=O) groups excluding carboxylic acids is 3. The van der Waals surface area contributed by atoms with Crippen molar-refractivity contribution < 1.29 is 18.7 Å². The van der Waals surface area contributed by atoms with E-state index in [2.05, 4.69) is 27.3 Å². The minimum Gasteiger partial charge on any atom is -0.380 e. The van der Waals surface area contributed by atoms with Gasteiger partial charge in [-0.1, -0.05) is 51.1 Å². The lowest BCUT2D eigenvalue weighted by Crippen LogP contribution is -2.56. The largest absolute Gasteiger partial charge is 0.380 e. The summed E-state index contributed by atoms with van der Waals surface area (Å²) in [5.74, 6) is -1.06. The lowest BCUT2D eigenvalue weighted by Gasteiger charge is -2.31. The van der Waals surface area contributed by atoms with E-state index in [-0.39, 0.29) is 34.4 Å². The van der Waals surface area contributed by atoms with Crippen LogP contribution in [0.1, 0.15) is 54.6 Å². The van der Waals surface area contributed by atoms with E-state index in [0.717, 1.165) is 5.56 Å². The fourth-order valence-corrected chi connectivity index (χ4v) is 3.91. The van der Waals surface area contributed by atoms with Crippen molar-refractivity contribution in [1.82, 2.24) is 16.0 Å². The first kappa shape index (κ1) is 26.4. The highest BCUT2D eigenvalue weighted by molar-refractivity contribution is 6.45. The van der Waals surface area contributed by atoms with Gasteiger partial charge in [-0.05, 0) is 35.6 Å². The maximum atomic E-state index is 13.1. The Bertz CT molecular complexity index is 1190. The molecule has 1 aliphatic rings. The summed E-state index contributed by atoms with van der Waals surface area (Å²) < 4.78 is 0. The third kappa shape index (κ3) is 6.92. The second-order valence-electron chi connectivity index (χ2n) is 9.90. The van der Waals surface area contributed by atoms with Crippen LogP contribution in [0.4, 0.5) is 5.69 Å². The first-order valence-electron chi connectivity index (χ1n) is 11.9. The molecule has 0 saturated carbocycles. The molecule has 0 aromatic heterocycles. The van der Waals surface area contributed by atoms with Crippen LogP contribution < -0.4 is 21.3 Å². The highest BCUT2D eigenvalue weighted by atomic mass is 16.2. The third-order valence-electron chi connectivity index (χ3n) is 6.00. The van der Waals surface area contributed by atoms with Crippen molar-refractivity contribution in [2.24, 2.45) is 5.41 Å². The van der Waals surface area contributed by atoms with Crippen LogP contribution >= 0.6 is 0 Å². The number of nitrogens with one attached hydrogen (secondary N) is 5. The highest BCUT2D eigenvalue weighted by Crippen LogP contribution is 2.21. The number of para-hydroxylation sites is 1. The SMILES string of the molecule is CC(C)(C)C(NC(=O)C(=N)c1ccccc1NCc1ccc(C#N)cc1)C(=O)NCC1CCC(=O)N1.[HH].[HH].[HH]. The molecule has 0 radical (unpaired) electrons. The number of hydrogen-bond acceptors (Lipinski definition) is 6. The molecule has 2 aromatic carbocycles. The Morgan fingerprint density at radius 3 is 2.50 bits per heavy atom. The van der Waals surface area contributed by atoms with Crippen molar-refractivity contribution in [1.29, 1.82) is 10.7 Å². The molecule has 0 spiro atoms. The second-order valence-corrected chi connectivity index (χ2v) is 9.90. The molecule has 1 fully saturated rings. The first-order valence-corrected chi connectivity index (χ1v) is 11.9. The van der Waals surface area contributed by atoms with E-state index in [1.54, 1.807) is 30.3 Å². The van der Waals surface area contributed by atoms with Gasteiger partial charge >= 0.3 is 0 Å². The third-order valence-corrected chi connectivity index (χ3v) is 6.00. The Labute approximate surface area is 215 Å². The zero-order valence-electron chi connectivity index (χ0n) is 20.8. The molecule has 0 aliphatic carbocycles. The Morgan fingerprint density at radius 2 is 1.89 bits per heavy atom. The lowest BCUT2D eigenvalue weighted by molar-refractivity contribution is -0.129. The minimum atomic E-state index is -0.874. The van der Waals surface area contributed by atoms with Gasteiger partial charge in [-0.25, -0.2) is 0 Å². The van der Waals surface area contributed by atoms with Gasteiger partial charge in [-0.15, -0.1) is 0 Å². The van der Waals surface area contributed by atoms with E-state index >= 15 is 0 Å². The molecule has 194 valence electrons. The molecular formula is C27H38N6O3. The number of rotatable bonds is 9. The Morgan fingerprint density at radius 1 is 1.19 bits per heavy atom. The summed E-state index contributed by atoms with van der Waals surface area (Å²) in [6, 6.07) is 15.3. The highest BCUT2D eigenvalue weighted by Gasteiger charge is 2.34. The molecule has 36 heavy (non-hydrogen) atoms. The van der Waals surface area contributed by atoms with Crippen LogP contribution in [0.2, 0.25) is 0 Å². The fraction of sp³-hybridized carbons (Fsp3) is 0.370. The van der Waals surface area contributed by atoms with E-state index in [1.807, 2.05) is 39.0 Å². The van der Waals surface area contributed by atoms with E-state index in [4.69, 9.17) is 10.7 Å². The summed E-state index contributed by atoms with van der Waals surface area (Å²) in [7, 11) is 0.